The second-order valence-corrected chi connectivity index (χ2v) is 9.44. The van der Waals surface area contributed by atoms with E-state index < -0.39 is 0 Å². The molecule has 0 bridgehead atoms. The molecule has 0 saturated carbocycles. The SMILES string of the molecule is CC(C)c1nnc(NC(=O)c2c3c(nc4ccccc24)CCN(Cc2ccccc2)C3)s1. The summed E-state index contributed by atoms with van der Waals surface area (Å²) in [6, 6.07) is 18.3. The molecule has 32 heavy (non-hydrogen) atoms. The maximum absolute atomic E-state index is 13.5. The van der Waals surface area contributed by atoms with Crippen LogP contribution in [0.25, 0.3) is 10.9 Å². The minimum atomic E-state index is -0.145. The molecule has 1 aliphatic rings. The average molecular weight is 444 g/mol. The van der Waals surface area contributed by atoms with Crippen LogP contribution in [0.4, 0.5) is 5.13 Å². The van der Waals surface area contributed by atoms with E-state index in [-0.39, 0.29) is 11.8 Å². The number of hydrogen-bond donors (Lipinski definition) is 1. The Morgan fingerprint density at radius 1 is 1.09 bits per heavy atom. The van der Waals surface area contributed by atoms with Gasteiger partial charge in [0.15, 0.2) is 0 Å². The zero-order valence-electron chi connectivity index (χ0n) is 18.2. The molecule has 0 unspecified atom stereocenters. The first-order valence-corrected chi connectivity index (χ1v) is 11.7. The van der Waals surface area contributed by atoms with Crippen molar-refractivity contribution < 1.29 is 4.79 Å². The predicted molar refractivity (Wildman–Crippen MR) is 128 cm³/mol. The van der Waals surface area contributed by atoms with Crippen molar-refractivity contribution in [1.29, 1.82) is 0 Å². The highest BCUT2D eigenvalue weighted by molar-refractivity contribution is 7.15. The van der Waals surface area contributed by atoms with E-state index in [1.165, 1.54) is 16.9 Å². The Morgan fingerprint density at radius 2 is 1.88 bits per heavy atom. The molecular formula is C25H25N5OS. The van der Waals surface area contributed by atoms with Gasteiger partial charge in [-0.2, -0.15) is 0 Å². The van der Waals surface area contributed by atoms with Gasteiger partial charge in [0, 0.05) is 48.6 Å². The van der Waals surface area contributed by atoms with Gasteiger partial charge < -0.3 is 0 Å². The molecule has 162 valence electrons. The van der Waals surface area contributed by atoms with Gasteiger partial charge in [-0.05, 0) is 11.6 Å². The van der Waals surface area contributed by atoms with Crippen LogP contribution in [0.5, 0.6) is 0 Å². The van der Waals surface area contributed by atoms with Gasteiger partial charge in [-0.3, -0.25) is 20.0 Å². The molecule has 4 aromatic rings. The highest BCUT2D eigenvalue weighted by Gasteiger charge is 2.26. The lowest BCUT2D eigenvalue weighted by Gasteiger charge is -2.30. The smallest absolute Gasteiger partial charge is 0.258 e. The van der Waals surface area contributed by atoms with Gasteiger partial charge in [-0.25, -0.2) is 0 Å². The molecule has 3 heterocycles. The summed E-state index contributed by atoms with van der Waals surface area (Å²) in [5.74, 6) is 0.132. The number of aromatic nitrogens is 3. The molecule has 0 aliphatic carbocycles. The van der Waals surface area contributed by atoms with Crippen LogP contribution < -0.4 is 5.32 Å². The minimum absolute atomic E-state index is 0.145. The maximum atomic E-state index is 13.5. The molecular weight excluding hydrogens is 418 g/mol. The average Bonchev–Trinajstić information content (AvgIpc) is 3.27. The van der Waals surface area contributed by atoms with Crippen molar-refractivity contribution in [2.75, 3.05) is 11.9 Å². The lowest BCUT2D eigenvalue weighted by atomic mass is 9.95. The van der Waals surface area contributed by atoms with Crippen LogP contribution in [-0.4, -0.2) is 32.5 Å². The molecule has 0 saturated heterocycles. The van der Waals surface area contributed by atoms with Gasteiger partial charge in [0.05, 0.1) is 11.1 Å². The van der Waals surface area contributed by atoms with Crippen molar-refractivity contribution in [3.05, 3.63) is 82.0 Å². The van der Waals surface area contributed by atoms with Crippen LogP contribution in [0.15, 0.2) is 54.6 Å². The molecule has 2 aromatic heterocycles. The Hall–Kier alpha value is -3.16. The van der Waals surface area contributed by atoms with Crippen molar-refractivity contribution in [2.45, 2.75) is 39.3 Å². The number of anilines is 1. The third kappa shape index (κ3) is 4.13. The zero-order chi connectivity index (χ0) is 22.1. The Kier molecular flexibility index (Phi) is 5.68. The van der Waals surface area contributed by atoms with Crippen LogP contribution in [0, 0.1) is 0 Å². The number of para-hydroxylation sites is 1. The summed E-state index contributed by atoms with van der Waals surface area (Å²) in [5.41, 5.74) is 4.85. The fourth-order valence-corrected chi connectivity index (χ4v) is 4.90. The number of pyridine rings is 1. The third-order valence-corrected chi connectivity index (χ3v) is 6.90. The van der Waals surface area contributed by atoms with Gasteiger partial charge in [-0.1, -0.05) is 73.7 Å². The van der Waals surface area contributed by atoms with E-state index in [1.54, 1.807) is 0 Å². The zero-order valence-corrected chi connectivity index (χ0v) is 19.0. The highest BCUT2D eigenvalue weighted by Crippen LogP contribution is 2.30. The molecule has 1 N–H and O–H groups in total. The number of carbonyl (C=O) groups excluding carboxylic acids is 1. The van der Waals surface area contributed by atoms with Gasteiger partial charge in [0.1, 0.15) is 5.01 Å². The fraction of sp³-hybridized carbons (Fsp3) is 0.280. The summed E-state index contributed by atoms with van der Waals surface area (Å²) in [6.07, 6.45) is 0.823. The Bertz CT molecular complexity index is 1270. The fourth-order valence-electron chi connectivity index (χ4n) is 4.16. The van der Waals surface area contributed by atoms with E-state index in [1.807, 2.05) is 30.3 Å². The number of rotatable bonds is 5. The maximum Gasteiger partial charge on any atom is 0.258 e. The van der Waals surface area contributed by atoms with E-state index in [2.05, 4.69) is 58.5 Å². The van der Waals surface area contributed by atoms with Gasteiger partial charge in [0.25, 0.3) is 5.91 Å². The van der Waals surface area contributed by atoms with Crippen molar-refractivity contribution >= 4 is 33.3 Å². The molecule has 1 amide bonds. The lowest BCUT2D eigenvalue weighted by Crippen LogP contribution is -2.32. The number of fused-ring (bicyclic) bond motifs is 2. The van der Waals surface area contributed by atoms with Crippen molar-refractivity contribution in [3.8, 4) is 0 Å². The molecule has 7 heteroatoms. The number of carbonyl (C=O) groups is 1. The number of benzene rings is 2. The van der Waals surface area contributed by atoms with E-state index in [9.17, 15) is 4.79 Å². The third-order valence-electron chi connectivity index (χ3n) is 5.76. The molecule has 6 nitrogen and oxygen atoms in total. The van der Waals surface area contributed by atoms with E-state index in [0.717, 1.165) is 46.7 Å². The Balaban J connectivity index is 1.50. The van der Waals surface area contributed by atoms with Crippen LogP contribution in [0.1, 0.15) is 52.0 Å². The van der Waals surface area contributed by atoms with Gasteiger partial charge in [0.2, 0.25) is 5.13 Å². The van der Waals surface area contributed by atoms with Crippen LogP contribution >= 0.6 is 11.3 Å². The first kappa shape index (κ1) is 20.7. The first-order valence-electron chi connectivity index (χ1n) is 10.9. The van der Waals surface area contributed by atoms with Crippen molar-refractivity contribution in [1.82, 2.24) is 20.1 Å². The first-order chi connectivity index (χ1) is 15.6. The second kappa shape index (κ2) is 8.76. The van der Waals surface area contributed by atoms with Crippen LogP contribution in [0.2, 0.25) is 0 Å². The summed E-state index contributed by atoms with van der Waals surface area (Å²) in [6.45, 7) is 6.60. The minimum Gasteiger partial charge on any atom is -0.296 e. The summed E-state index contributed by atoms with van der Waals surface area (Å²) in [5, 5.41) is 13.7. The molecule has 0 spiro atoms. The monoisotopic (exact) mass is 443 g/mol. The van der Waals surface area contributed by atoms with Gasteiger partial charge in [-0.15, -0.1) is 10.2 Å². The van der Waals surface area contributed by atoms with Gasteiger partial charge >= 0.3 is 0 Å². The number of hydrogen-bond acceptors (Lipinski definition) is 6. The molecule has 5 rings (SSSR count). The van der Waals surface area contributed by atoms with E-state index in [4.69, 9.17) is 4.98 Å². The summed E-state index contributed by atoms with van der Waals surface area (Å²) in [7, 11) is 0. The number of nitrogens with one attached hydrogen (secondary N) is 1. The molecule has 1 aliphatic heterocycles. The van der Waals surface area contributed by atoms with Crippen LogP contribution in [0.3, 0.4) is 0 Å². The van der Waals surface area contributed by atoms with Crippen molar-refractivity contribution in [2.24, 2.45) is 0 Å². The van der Waals surface area contributed by atoms with Crippen LogP contribution in [-0.2, 0) is 19.5 Å². The largest absolute Gasteiger partial charge is 0.296 e. The summed E-state index contributed by atoms with van der Waals surface area (Å²) in [4.78, 5) is 20.8. The normalized spacial score (nSPS) is 14.0. The topological polar surface area (TPSA) is 71.0 Å². The number of amides is 1. The van der Waals surface area contributed by atoms with E-state index in [0.29, 0.717) is 17.2 Å². The Morgan fingerprint density at radius 3 is 2.66 bits per heavy atom. The standard InChI is InChI=1S/C25H25N5OS/c1-16(2)24-28-29-25(32-24)27-23(31)22-18-10-6-7-11-20(18)26-21-12-13-30(15-19(21)22)14-17-8-4-3-5-9-17/h3-11,16H,12-15H2,1-2H3,(H,27,29,31). The predicted octanol–water partition coefficient (Wildman–Crippen LogP) is 5.02. The highest BCUT2D eigenvalue weighted by atomic mass is 32.1. The summed E-state index contributed by atoms with van der Waals surface area (Å²) < 4.78 is 0. The molecule has 0 fully saturated rings. The second-order valence-electron chi connectivity index (χ2n) is 8.43. The molecule has 0 atom stereocenters. The molecule has 0 radical (unpaired) electrons. The lowest BCUT2D eigenvalue weighted by molar-refractivity contribution is 0.102. The summed E-state index contributed by atoms with van der Waals surface area (Å²) >= 11 is 1.43. The Labute approximate surface area is 191 Å². The van der Waals surface area contributed by atoms with Crippen molar-refractivity contribution in [3.63, 3.8) is 0 Å². The quantitative estimate of drug-likeness (QED) is 0.469. The molecule has 2 aromatic carbocycles. The van der Waals surface area contributed by atoms with E-state index >= 15 is 0 Å². The number of nitrogens with zero attached hydrogens (tertiary/aromatic N) is 4.